The Morgan fingerprint density at radius 1 is 1.41 bits per heavy atom. The maximum absolute atomic E-state index is 12.4. The number of nitrogens with zero attached hydrogens (tertiary/aromatic N) is 5. The maximum Gasteiger partial charge on any atom is 0.252 e. The molecule has 0 radical (unpaired) electrons. The van der Waals surface area contributed by atoms with E-state index in [-0.39, 0.29) is 5.91 Å². The topological polar surface area (TPSA) is 85.2 Å². The van der Waals surface area contributed by atoms with Gasteiger partial charge in [-0.1, -0.05) is 0 Å². The lowest BCUT2D eigenvalue weighted by Crippen LogP contribution is -2.27. The minimum Gasteiger partial charge on any atom is -0.383 e. The van der Waals surface area contributed by atoms with Gasteiger partial charge in [-0.05, 0) is 44.0 Å². The number of likely N-dealkylation sites (tertiary alicyclic amines) is 1. The zero-order valence-electron chi connectivity index (χ0n) is 16.1. The lowest BCUT2D eigenvalue weighted by molar-refractivity contribution is 0.0953. The van der Waals surface area contributed by atoms with Crippen molar-refractivity contribution in [1.29, 1.82) is 0 Å². The Kier molecular flexibility index (Phi) is 6.89. The number of methoxy groups -OCH3 is 1. The third-order valence-corrected chi connectivity index (χ3v) is 4.94. The molecule has 2 aromatic heterocycles. The van der Waals surface area contributed by atoms with E-state index < -0.39 is 0 Å². The first-order valence-electron chi connectivity index (χ1n) is 9.42. The van der Waals surface area contributed by atoms with Crippen molar-refractivity contribution in [3.05, 3.63) is 41.7 Å². The molecule has 1 saturated heterocycles. The van der Waals surface area contributed by atoms with Crippen LogP contribution in [0.1, 0.15) is 28.2 Å². The number of aromatic nitrogens is 4. The van der Waals surface area contributed by atoms with Crippen LogP contribution in [0.4, 0.5) is 0 Å². The zero-order chi connectivity index (χ0) is 19.1. The molecule has 0 aromatic carbocycles. The monoisotopic (exact) mass is 372 g/mol. The predicted molar refractivity (Wildman–Crippen MR) is 101 cm³/mol. The fraction of sp³-hybridized carbons (Fsp3) is 0.579. The van der Waals surface area contributed by atoms with Gasteiger partial charge in [0.2, 0.25) is 0 Å². The minimum absolute atomic E-state index is 0.101. The molecule has 1 atom stereocenters. The quantitative estimate of drug-likeness (QED) is 0.700. The highest BCUT2D eigenvalue weighted by Gasteiger charge is 2.20. The summed E-state index contributed by atoms with van der Waals surface area (Å²) in [6, 6.07) is 1.96. The van der Waals surface area contributed by atoms with Gasteiger partial charge in [-0.3, -0.25) is 9.78 Å². The first kappa shape index (κ1) is 19.4. The summed E-state index contributed by atoms with van der Waals surface area (Å²) in [6.07, 6.45) is 7.98. The Labute approximate surface area is 159 Å². The van der Waals surface area contributed by atoms with Gasteiger partial charge < -0.3 is 19.5 Å². The van der Waals surface area contributed by atoms with E-state index in [1.165, 1.54) is 6.42 Å². The predicted octanol–water partition coefficient (Wildman–Crippen LogP) is 0.786. The number of carbonyl (C=O) groups is 1. The highest BCUT2D eigenvalue weighted by Crippen LogP contribution is 2.19. The van der Waals surface area contributed by atoms with Crippen molar-refractivity contribution < 1.29 is 9.53 Å². The van der Waals surface area contributed by atoms with E-state index in [1.807, 2.05) is 16.8 Å². The first-order chi connectivity index (χ1) is 13.2. The van der Waals surface area contributed by atoms with Gasteiger partial charge in [0.25, 0.3) is 5.91 Å². The molecule has 1 N–H and O–H groups in total. The van der Waals surface area contributed by atoms with Crippen LogP contribution in [0.3, 0.4) is 0 Å². The summed E-state index contributed by atoms with van der Waals surface area (Å²) < 4.78 is 7.02. The summed E-state index contributed by atoms with van der Waals surface area (Å²) in [5.74, 6) is 1.38. The van der Waals surface area contributed by atoms with Gasteiger partial charge >= 0.3 is 0 Å². The van der Waals surface area contributed by atoms with E-state index in [1.54, 1.807) is 19.6 Å². The fourth-order valence-electron chi connectivity index (χ4n) is 3.49. The normalized spacial score (nSPS) is 17.3. The maximum atomic E-state index is 12.4. The summed E-state index contributed by atoms with van der Waals surface area (Å²) in [6.45, 7) is 4.07. The lowest BCUT2D eigenvalue weighted by atomic mass is 9.99. The molecular weight excluding hydrogens is 344 g/mol. The van der Waals surface area contributed by atoms with Crippen molar-refractivity contribution in [3.8, 4) is 0 Å². The molecular formula is C19H28N6O2. The SMILES string of the molecule is COCCn1cnnc1CCNC(=O)c1cncc(CC2CCN(C)C2)c1. The molecule has 1 aliphatic rings. The molecule has 0 aliphatic carbocycles. The van der Waals surface area contributed by atoms with Crippen molar-refractivity contribution in [1.82, 2.24) is 30.0 Å². The Balaban J connectivity index is 1.49. The van der Waals surface area contributed by atoms with Crippen LogP contribution in [-0.4, -0.2) is 71.0 Å². The van der Waals surface area contributed by atoms with Crippen LogP contribution in [0, 0.1) is 5.92 Å². The number of pyridine rings is 1. The van der Waals surface area contributed by atoms with Gasteiger partial charge in [-0.25, -0.2) is 0 Å². The number of hydrogen-bond acceptors (Lipinski definition) is 6. The third-order valence-electron chi connectivity index (χ3n) is 4.94. The Bertz CT molecular complexity index is 747. The molecule has 0 bridgehead atoms. The lowest BCUT2D eigenvalue weighted by Gasteiger charge is -2.11. The summed E-state index contributed by atoms with van der Waals surface area (Å²) in [5.41, 5.74) is 1.74. The van der Waals surface area contributed by atoms with Crippen LogP contribution >= 0.6 is 0 Å². The van der Waals surface area contributed by atoms with E-state index in [0.29, 0.717) is 37.6 Å². The van der Waals surface area contributed by atoms with Gasteiger partial charge in [0, 0.05) is 45.6 Å². The van der Waals surface area contributed by atoms with Crippen LogP contribution in [0.25, 0.3) is 0 Å². The van der Waals surface area contributed by atoms with Crippen molar-refractivity contribution in [2.75, 3.05) is 40.4 Å². The molecule has 1 aliphatic heterocycles. The number of amides is 1. The van der Waals surface area contributed by atoms with Gasteiger partial charge in [0.05, 0.1) is 12.2 Å². The molecule has 8 heteroatoms. The summed E-state index contributed by atoms with van der Waals surface area (Å²) >= 11 is 0. The molecule has 2 aromatic rings. The third kappa shape index (κ3) is 5.58. The number of rotatable bonds is 9. The molecule has 1 fully saturated rings. The van der Waals surface area contributed by atoms with Crippen LogP contribution in [0.5, 0.6) is 0 Å². The Morgan fingerprint density at radius 3 is 3.07 bits per heavy atom. The van der Waals surface area contributed by atoms with Gasteiger partial charge in [0.15, 0.2) is 0 Å². The molecule has 3 heterocycles. The first-order valence-corrected chi connectivity index (χ1v) is 9.42. The van der Waals surface area contributed by atoms with E-state index in [4.69, 9.17) is 4.74 Å². The molecule has 1 unspecified atom stereocenters. The van der Waals surface area contributed by atoms with E-state index in [9.17, 15) is 4.79 Å². The molecule has 1 amide bonds. The molecule has 3 rings (SSSR count). The number of ether oxygens (including phenoxy) is 1. The van der Waals surface area contributed by atoms with E-state index in [0.717, 1.165) is 30.9 Å². The number of carbonyl (C=O) groups excluding carboxylic acids is 1. The minimum atomic E-state index is -0.101. The summed E-state index contributed by atoms with van der Waals surface area (Å²) in [7, 11) is 3.82. The smallest absolute Gasteiger partial charge is 0.252 e. The van der Waals surface area contributed by atoms with Crippen molar-refractivity contribution in [2.45, 2.75) is 25.8 Å². The molecule has 27 heavy (non-hydrogen) atoms. The Hall–Kier alpha value is -2.32. The summed E-state index contributed by atoms with van der Waals surface area (Å²) in [4.78, 5) is 19.1. The molecule has 146 valence electrons. The van der Waals surface area contributed by atoms with Crippen molar-refractivity contribution >= 4 is 5.91 Å². The second kappa shape index (κ2) is 9.57. The van der Waals surface area contributed by atoms with E-state index in [2.05, 4.69) is 32.4 Å². The molecule has 8 nitrogen and oxygen atoms in total. The summed E-state index contributed by atoms with van der Waals surface area (Å²) in [5, 5.41) is 11.0. The van der Waals surface area contributed by atoms with Crippen LogP contribution in [0.15, 0.2) is 24.8 Å². The van der Waals surface area contributed by atoms with Gasteiger partial charge in [-0.2, -0.15) is 0 Å². The van der Waals surface area contributed by atoms with Gasteiger partial charge in [0.1, 0.15) is 12.2 Å². The molecule has 0 saturated carbocycles. The van der Waals surface area contributed by atoms with Crippen LogP contribution < -0.4 is 5.32 Å². The van der Waals surface area contributed by atoms with Gasteiger partial charge in [-0.15, -0.1) is 10.2 Å². The molecule has 0 spiro atoms. The highest BCUT2D eigenvalue weighted by molar-refractivity contribution is 5.94. The second-order valence-electron chi connectivity index (χ2n) is 7.14. The second-order valence-corrected chi connectivity index (χ2v) is 7.14. The number of hydrogen-bond donors (Lipinski definition) is 1. The average molecular weight is 372 g/mol. The largest absolute Gasteiger partial charge is 0.383 e. The van der Waals surface area contributed by atoms with Crippen LogP contribution in [-0.2, 0) is 24.1 Å². The number of nitrogens with one attached hydrogen (secondary N) is 1. The fourth-order valence-corrected chi connectivity index (χ4v) is 3.49. The average Bonchev–Trinajstić information content (AvgIpc) is 3.28. The highest BCUT2D eigenvalue weighted by atomic mass is 16.5. The van der Waals surface area contributed by atoms with Crippen molar-refractivity contribution in [2.24, 2.45) is 5.92 Å². The van der Waals surface area contributed by atoms with E-state index >= 15 is 0 Å². The van der Waals surface area contributed by atoms with Crippen LogP contribution in [0.2, 0.25) is 0 Å². The Morgan fingerprint density at radius 2 is 2.30 bits per heavy atom. The standard InChI is InChI=1S/C19H28N6O2/c1-24-6-4-15(13-24)9-16-10-17(12-20-11-16)19(26)21-5-3-18-23-22-14-25(18)7-8-27-2/h10-12,14-15H,3-9,13H2,1-2H3,(H,21,26). The zero-order valence-corrected chi connectivity index (χ0v) is 16.1. The van der Waals surface area contributed by atoms with Crippen molar-refractivity contribution in [3.63, 3.8) is 0 Å².